The van der Waals surface area contributed by atoms with Gasteiger partial charge in [-0.25, -0.2) is 13.4 Å². The van der Waals surface area contributed by atoms with Crippen molar-refractivity contribution in [3.63, 3.8) is 0 Å². The van der Waals surface area contributed by atoms with Gasteiger partial charge in [0.1, 0.15) is 6.04 Å². The number of carbonyl (C=O) groups excluding carboxylic acids is 1. The molecular weight excluding hydrogens is 438 g/mol. The predicted octanol–water partition coefficient (Wildman–Crippen LogP) is 3.01. The van der Waals surface area contributed by atoms with E-state index in [2.05, 4.69) is 4.98 Å². The molecule has 0 amide bonds. The van der Waals surface area contributed by atoms with E-state index >= 15 is 0 Å². The first kappa shape index (κ1) is 21.5. The lowest BCUT2D eigenvalue weighted by atomic mass is 10.1. The van der Waals surface area contributed by atoms with Crippen molar-refractivity contribution in [1.82, 2.24) is 13.9 Å². The summed E-state index contributed by atoms with van der Waals surface area (Å²) in [6.45, 7) is 0.576. The van der Waals surface area contributed by atoms with Gasteiger partial charge in [-0.1, -0.05) is 54.1 Å². The predicted molar refractivity (Wildman–Crippen MR) is 117 cm³/mol. The summed E-state index contributed by atoms with van der Waals surface area (Å²) in [4.78, 5) is 16.9. The number of ether oxygens (including phenoxy) is 1. The Balaban J connectivity index is 1.66. The highest BCUT2D eigenvalue weighted by molar-refractivity contribution is 7.88. The minimum Gasteiger partial charge on any atom is -0.468 e. The molecule has 0 spiro atoms. The summed E-state index contributed by atoms with van der Waals surface area (Å²) in [6.07, 6.45) is 1.85. The third kappa shape index (κ3) is 4.66. The van der Waals surface area contributed by atoms with Crippen LogP contribution >= 0.6 is 11.6 Å². The van der Waals surface area contributed by atoms with Crippen LogP contribution in [-0.2, 0) is 44.8 Å². The van der Waals surface area contributed by atoms with Gasteiger partial charge in [0.25, 0.3) is 0 Å². The van der Waals surface area contributed by atoms with Crippen LogP contribution in [0.1, 0.15) is 22.5 Å². The van der Waals surface area contributed by atoms with Crippen LogP contribution in [0, 0.1) is 0 Å². The number of esters is 1. The van der Waals surface area contributed by atoms with Crippen molar-refractivity contribution in [2.45, 2.75) is 31.3 Å². The molecule has 1 aliphatic rings. The molecule has 0 N–H and O–H groups in total. The van der Waals surface area contributed by atoms with Crippen molar-refractivity contribution in [2.24, 2.45) is 0 Å². The van der Waals surface area contributed by atoms with Crippen LogP contribution in [0.4, 0.5) is 0 Å². The lowest BCUT2D eigenvalue weighted by molar-refractivity contribution is -0.145. The number of methoxy groups -OCH3 is 1. The average Bonchev–Trinajstić information content (AvgIpc) is 3.16. The van der Waals surface area contributed by atoms with Crippen LogP contribution in [0.3, 0.4) is 0 Å². The topological polar surface area (TPSA) is 81.5 Å². The molecule has 0 saturated heterocycles. The first-order valence-corrected chi connectivity index (χ1v) is 11.7. The monoisotopic (exact) mass is 459 g/mol. The van der Waals surface area contributed by atoms with E-state index in [0.717, 1.165) is 11.3 Å². The number of rotatable bonds is 6. The average molecular weight is 460 g/mol. The Kier molecular flexibility index (Phi) is 6.13. The molecule has 162 valence electrons. The quantitative estimate of drug-likeness (QED) is 0.529. The zero-order valence-electron chi connectivity index (χ0n) is 16.9. The normalized spacial score (nSPS) is 16.6. The van der Waals surface area contributed by atoms with E-state index in [1.165, 1.54) is 11.4 Å². The van der Waals surface area contributed by atoms with Gasteiger partial charge >= 0.3 is 5.97 Å². The Hall–Kier alpha value is -2.68. The summed E-state index contributed by atoms with van der Waals surface area (Å²) < 4.78 is 34.7. The zero-order valence-corrected chi connectivity index (χ0v) is 18.5. The van der Waals surface area contributed by atoms with E-state index in [4.69, 9.17) is 16.3 Å². The second-order valence-electron chi connectivity index (χ2n) is 7.42. The van der Waals surface area contributed by atoms with E-state index in [-0.39, 0.29) is 18.7 Å². The minimum atomic E-state index is -3.78. The van der Waals surface area contributed by atoms with Gasteiger partial charge in [0.2, 0.25) is 10.0 Å². The van der Waals surface area contributed by atoms with Crippen LogP contribution in [0.25, 0.3) is 0 Å². The third-order valence-corrected chi connectivity index (χ3v) is 7.41. The summed E-state index contributed by atoms with van der Waals surface area (Å²) in [7, 11) is -2.52. The van der Waals surface area contributed by atoms with Gasteiger partial charge in [0.05, 0.1) is 37.1 Å². The Labute approximate surface area is 186 Å². The van der Waals surface area contributed by atoms with Crippen molar-refractivity contribution < 1.29 is 17.9 Å². The fourth-order valence-electron chi connectivity index (χ4n) is 3.76. The molecule has 31 heavy (non-hydrogen) atoms. The number of hydrogen-bond acceptors (Lipinski definition) is 5. The SMILES string of the molecule is COC(=O)[C@H]1Cc2ncn(Cc3ccc(Cl)cc3)c2CN1S(=O)(=O)Cc1ccccc1. The number of carbonyl (C=O) groups is 1. The van der Waals surface area contributed by atoms with Crippen LogP contribution in [-0.4, -0.2) is 41.4 Å². The van der Waals surface area contributed by atoms with Crippen LogP contribution in [0.5, 0.6) is 0 Å². The Morgan fingerprint density at radius 2 is 1.84 bits per heavy atom. The molecule has 3 aromatic rings. The number of halogens is 1. The van der Waals surface area contributed by atoms with Crippen LogP contribution in [0.2, 0.25) is 5.02 Å². The number of imidazole rings is 1. The lowest BCUT2D eigenvalue weighted by Gasteiger charge is -2.33. The number of hydrogen-bond donors (Lipinski definition) is 0. The number of nitrogens with zero attached hydrogens (tertiary/aromatic N) is 3. The number of fused-ring (bicyclic) bond motifs is 1. The molecule has 1 atom stereocenters. The Morgan fingerprint density at radius 1 is 1.13 bits per heavy atom. The molecule has 4 rings (SSSR count). The number of benzene rings is 2. The minimum absolute atomic E-state index is 0.0534. The number of aromatic nitrogens is 2. The molecule has 1 aromatic heterocycles. The molecule has 0 radical (unpaired) electrons. The summed E-state index contributed by atoms with van der Waals surface area (Å²) in [6, 6.07) is 15.4. The van der Waals surface area contributed by atoms with Gasteiger partial charge < -0.3 is 9.30 Å². The van der Waals surface area contributed by atoms with E-state index in [9.17, 15) is 13.2 Å². The molecule has 1 aliphatic heterocycles. The van der Waals surface area contributed by atoms with Crippen molar-refractivity contribution in [1.29, 1.82) is 0 Å². The molecule has 0 unspecified atom stereocenters. The van der Waals surface area contributed by atoms with Crippen molar-refractivity contribution in [3.05, 3.63) is 88.5 Å². The third-order valence-electron chi connectivity index (χ3n) is 5.36. The number of sulfonamides is 1. The molecule has 0 saturated carbocycles. The Bertz CT molecular complexity index is 1180. The highest BCUT2D eigenvalue weighted by Crippen LogP contribution is 2.28. The molecule has 0 bridgehead atoms. The lowest BCUT2D eigenvalue weighted by Crippen LogP contribution is -2.49. The van der Waals surface area contributed by atoms with E-state index in [1.54, 1.807) is 30.6 Å². The Morgan fingerprint density at radius 3 is 2.52 bits per heavy atom. The zero-order chi connectivity index (χ0) is 22.0. The molecular formula is C22H22ClN3O4S. The summed E-state index contributed by atoms with van der Waals surface area (Å²) in [5.41, 5.74) is 3.15. The van der Waals surface area contributed by atoms with Gasteiger partial charge in [0.15, 0.2) is 0 Å². The maximum Gasteiger partial charge on any atom is 0.324 e. The van der Waals surface area contributed by atoms with Crippen LogP contribution in [0.15, 0.2) is 60.9 Å². The van der Waals surface area contributed by atoms with E-state index < -0.39 is 22.0 Å². The smallest absolute Gasteiger partial charge is 0.324 e. The van der Waals surface area contributed by atoms with Crippen LogP contribution < -0.4 is 0 Å². The highest BCUT2D eigenvalue weighted by Gasteiger charge is 2.41. The van der Waals surface area contributed by atoms with Gasteiger partial charge in [0, 0.05) is 18.0 Å². The molecule has 0 fully saturated rings. The fourth-order valence-corrected chi connectivity index (χ4v) is 5.54. The maximum atomic E-state index is 13.3. The molecule has 7 nitrogen and oxygen atoms in total. The van der Waals surface area contributed by atoms with Crippen molar-refractivity contribution in [2.75, 3.05) is 7.11 Å². The molecule has 0 aliphatic carbocycles. The van der Waals surface area contributed by atoms with E-state index in [0.29, 0.717) is 22.8 Å². The van der Waals surface area contributed by atoms with Crippen molar-refractivity contribution in [3.8, 4) is 0 Å². The highest BCUT2D eigenvalue weighted by atomic mass is 35.5. The van der Waals surface area contributed by atoms with Gasteiger partial charge in [-0.05, 0) is 23.3 Å². The summed E-state index contributed by atoms with van der Waals surface area (Å²) in [5, 5.41) is 0.649. The molecule has 2 heterocycles. The standard InChI is InChI=1S/C22H22ClN3O4S/c1-30-22(27)20-11-19-21(25(15-24-19)12-16-7-9-18(23)10-8-16)13-26(20)31(28,29)14-17-5-3-2-4-6-17/h2-10,15,20H,11-14H2,1H3/t20-/m1/s1. The van der Waals surface area contributed by atoms with Crippen molar-refractivity contribution >= 4 is 27.6 Å². The molecule has 9 heteroatoms. The largest absolute Gasteiger partial charge is 0.468 e. The fraction of sp³-hybridized carbons (Fsp3) is 0.273. The van der Waals surface area contributed by atoms with Gasteiger partial charge in [-0.3, -0.25) is 4.79 Å². The maximum absolute atomic E-state index is 13.3. The van der Waals surface area contributed by atoms with Gasteiger partial charge in [-0.15, -0.1) is 0 Å². The second-order valence-corrected chi connectivity index (χ2v) is 9.78. The summed E-state index contributed by atoms with van der Waals surface area (Å²) >= 11 is 5.97. The first-order valence-electron chi connectivity index (χ1n) is 9.76. The first-order chi connectivity index (χ1) is 14.9. The van der Waals surface area contributed by atoms with Gasteiger partial charge in [-0.2, -0.15) is 4.31 Å². The summed E-state index contributed by atoms with van der Waals surface area (Å²) in [5.74, 6) is -0.781. The van der Waals surface area contributed by atoms with E-state index in [1.807, 2.05) is 34.9 Å². The molecule has 2 aromatic carbocycles. The second kappa shape index (κ2) is 8.82.